The van der Waals surface area contributed by atoms with Crippen molar-refractivity contribution in [1.82, 2.24) is 10.6 Å². The molecule has 0 saturated heterocycles. The van der Waals surface area contributed by atoms with Crippen LogP contribution in [0.2, 0.25) is 0 Å². The molecule has 0 unspecified atom stereocenters. The van der Waals surface area contributed by atoms with E-state index in [4.69, 9.17) is 4.74 Å². The summed E-state index contributed by atoms with van der Waals surface area (Å²) in [5.74, 6) is -0.325. The monoisotopic (exact) mass is 362 g/mol. The van der Waals surface area contributed by atoms with Crippen LogP contribution in [0.4, 0.5) is 9.18 Å². The van der Waals surface area contributed by atoms with Crippen LogP contribution in [0, 0.1) is 11.2 Å². The molecule has 6 heteroatoms. The van der Waals surface area contributed by atoms with E-state index in [0.717, 1.165) is 31.2 Å². The van der Waals surface area contributed by atoms with E-state index in [2.05, 4.69) is 10.6 Å². The van der Waals surface area contributed by atoms with Gasteiger partial charge in [-0.2, -0.15) is 0 Å². The Morgan fingerprint density at radius 1 is 1.08 bits per heavy atom. The smallest absolute Gasteiger partial charge is 0.407 e. The normalized spacial score (nSPS) is 27.2. The quantitative estimate of drug-likeness (QED) is 0.863. The van der Waals surface area contributed by atoms with Crippen molar-refractivity contribution >= 4 is 12.0 Å². The summed E-state index contributed by atoms with van der Waals surface area (Å²) in [5.41, 5.74) is 0.582. The van der Waals surface area contributed by atoms with Crippen LogP contribution in [0.1, 0.15) is 52.0 Å². The molecule has 3 rings (SSSR count). The number of hydrogen-bond acceptors (Lipinski definition) is 3. The predicted molar refractivity (Wildman–Crippen MR) is 96.1 cm³/mol. The topological polar surface area (TPSA) is 67.4 Å². The first-order valence-corrected chi connectivity index (χ1v) is 9.16. The fourth-order valence-corrected chi connectivity index (χ4v) is 4.05. The summed E-state index contributed by atoms with van der Waals surface area (Å²) in [7, 11) is 0. The van der Waals surface area contributed by atoms with Gasteiger partial charge >= 0.3 is 6.09 Å². The minimum atomic E-state index is -0.484. The van der Waals surface area contributed by atoms with Gasteiger partial charge in [0.25, 0.3) is 0 Å². The summed E-state index contributed by atoms with van der Waals surface area (Å²) in [6.45, 7) is 5.54. The van der Waals surface area contributed by atoms with Gasteiger partial charge in [-0.15, -0.1) is 0 Å². The van der Waals surface area contributed by atoms with E-state index >= 15 is 0 Å². The summed E-state index contributed by atoms with van der Waals surface area (Å²) < 4.78 is 18.2. The Kier molecular flexibility index (Phi) is 4.95. The first-order chi connectivity index (χ1) is 12.1. The second-order valence-electron chi connectivity index (χ2n) is 8.73. The Balaban J connectivity index is 1.34. The molecule has 2 fully saturated rings. The molecule has 0 bridgehead atoms. The summed E-state index contributed by atoms with van der Waals surface area (Å²) in [5, 5.41) is 5.95. The third kappa shape index (κ3) is 4.74. The van der Waals surface area contributed by atoms with Crippen molar-refractivity contribution in [1.29, 1.82) is 0 Å². The third-order valence-electron chi connectivity index (χ3n) is 5.08. The zero-order chi connectivity index (χ0) is 18.9. The maximum atomic E-state index is 12.9. The molecule has 142 valence electrons. The van der Waals surface area contributed by atoms with Gasteiger partial charge in [-0.25, -0.2) is 9.18 Å². The Bertz CT molecular complexity index is 667. The Morgan fingerprint density at radius 3 is 2.15 bits per heavy atom. The first kappa shape index (κ1) is 18.7. The van der Waals surface area contributed by atoms with Crippen molar-refractivity contribution in [3.63, 3.8) is 0 Å². The van der Waals surface area contributed by atoms with Gasteiger partial charge < -0.3 is 15.4 Å². The van der Waals surface area contributed by atoms with E-state index in [1.807, 2.05) is 20.8 Å². The van der Waals surface area contributed by atoms with E-state index in [9.17, 15) is 14.0 Å². The van der Waals surface area contributed by atoms with Crippen LogP contribution in [-0.2, 0) is 16.0 Å². The van der Waals surface area contributed by atoms with E-state index in [1.54, 1.807) is 12.1 Å². The van der Waals surface area contributed by atoms with Gasteiger partial charge in [0, 0.05) is 12.1 Å². The van der Waals surface area contributed by atoms with Crippen LogP contribution in [0.5, 0.6) is 0 Å². The molecule has 2 aliphatic carbocycles. The van der Waals surface area contributed by atoms with Crippen molar-refractivity contribution in [2.75, 3.05) is 0 Å². The summed E-state index contributed by atoms with van der Waals surface area (Å²) in [6.07, 6.45) is 3.70. The highest BCUT2D eigenvalue weighted by Crippen LogP contribution is 2.55. The molecule has 0 heterocycles. The number of carbonyl (C=O) groups is 2. The van der Waals surface area contributed by atoms with Gasteiger partial charge in [0.15, 0.2) is 0 Å². The zero-order valence-electron chi connectivity index (χ0n) is 15.6. The number of hydrogen-bond donors (Lipinski definition) is 2. The molecule has 2 saturated carbocycles. The molecule has 5 nitrogen and oxygen atoms in total. The minimum absolute atomic E-state index is 0.0285. The minimum Gasteiger partial charge on any atom is -0.444 e. The van der Waals surface area contributed by atoms with Crippen LogP contribution < -0.4 is 10.6 Å². The molecule has 0 atom stereocenters. The molecular formula is C20H27FN2O3. The van der Waals surface area contributed by atoms with Gasteiger partial charge in [0.05, 0.1) is 6.42 Å². The average molecular weight is 362 g/mol. The number of carbonyl (C=O) groups excluding carboxylic acids is 2. The number of ether oxygens (including phenoxy) is 1. The lowest BCUT2D eigenvalue weighted by molar-refractivity contribution is -0.124. The van der Waals surface area contributed by atoms with Crippen molar-refractivity contribution in [3.05, 3.63) is 35.6 Å². The average Bonchev–Trinajstić information content (AvgIpc) is 2.43. The van der Waals surface area contributed by atoms with Gasteiger partial charge in [0.1, 0.15) is 11.4 Å². The van der Waals surface area contributed by atoms with E-state index in [-0.39, 0.29) is 41.7 Å². The lowest BCUT2D eigenvalue weighted by Crippen LogP contribution is -2.61. The van der Waals surface area contributed by atoms with Crippen LogP contribution in [0.3, 0.4) is 0 Å². The highest BCUT2D eigenvalue weighted by atomic mass is 19.1. The van der Waals surface area contributed by atoms with Crippen LogP contribution in [-0.4, -0.2) is 29.7 Å². The standard InChI is InChI=1S/C20H27FN2O3/c1-19(2,3)26-18(25)23-16-11-20(12-16)9-15(10-20)22-17(24)8-13-4-6-14(21)7-5-13/h4-7,15-16H,8-12H2,1-3H3,(H,22,24)(H,23,25). The second-order valence-corrected chi connectivity index (χ2v) is 8.73. The molecule has 26 heavy (non-hydrogen) atoms. The number of benzene rings is 1. The first-order valence-electron chi connectivity index (χ1n) is 9.16. The summed E-state index contributed by atoms with van der Waals surface area (Å²) in [4.78, 5) is 23.9. The Morgan fingerprint density at radius 2 is 1.62 bits per heavy atom. The van der Waals surface area contributed by atoms with E-state index < -0.39 is 5.60 Å². The van der Waals surface area contributed by atoms with Crippen molar-refractivity contribution in [2.45, 2.75) is 70.6 Å². The predicted octanol–water partition coefficient (Wildman–Crippen LogP) is 3.32. The van der Waals surface area contributed by atoms with Crippen LogP contribution in [0.15, 0.2) is 24.3 Å². The zero-order valence-corrected chi connectivity index (χ0v) is 15.6. The Hall–Kier alpha value is -2.11. The molecular weight excluding hydrogens is 335 g/mol. The SMILES string of the molecule is CC(C)(C)OC(=O)NC1CC2(CC(NC(=O)Cc3ccc(F)cc3)C2)C1. The Labute approximate surface area is 153 Å². The van der Waals surface area contributed by atoms with E-state index in [0.29, 0.717) is 0 Å². The number of rotatable bonds is 4. The van der Waals surface area contributed by atoms with Crippen LogP contribution in [0.25, 0.3) is 0 Å². The highest BCUT2D eigenvalue weighted by molar-refractivity contribution is 5.79. The highest BCUT2D eigenvalue weighted by Gasteiger charge is 2.53. The van der Waals surface area contributed by atoms with Gasteiger partial charge in [-0.1, -0.05) is 12.1 Å². The maximum absolute atomic E-state index is 12.9. The molecule has 1 spiro atoms. The lowest BCUT2D eigenvalue weighted by Gasteiger charge is -2.57. The summed E-state index contributed by atoms with van der Waals surface area (Å²) >= 11 is 0. The van der Waals surface area contributed by atoms with Gasteiger partial charge in [-0.3, -0.25) is 4.79 Å². The lowest BCUT2D eigenvalue weighted by atomic mass is 9.52. The van der Waals surface area contributed by atoms with E-state index in [1.165, 1.54) is 12.1 Å². The number of nitrogens with one attached hydrogen (secondary N) is 2. The van der Waals surface area contributed by atoms with Gasteiger partial charge in [0.2, 0.25) is 5.91 Å². The van der Waals surface area contributed by atoms with Crippen molar-refractivity contribution in [2.24, 2.45) is 5.41 Å². The summed E-state index contributed by atoms with van der Waals surface area (Å²) in [6, 6.07) is 6.37. The molecule has 0 radical (unpaired) electrons. The molecule has 2 N–H and O–H groups in total. The molecule has 0 aromatic heterocycles. The fourth-order valence-electron chi connectivity index (χ4n) is 4.05. The molecule has 0 aliphatic heterocycles. The number of alkyl carbamates (subject to hydrolysis) is 1. The van der Waals surface area contributed by atoms with Crippen molar-refractivity contribution in [3.8, 4) is 0 Å². The maximum Gasteiger partial charge on any atom is 0.407 e. The molecule has 2 amide bonds. The van der Waals surface area contributed by atoms with Gasteiger partial charge in [-0.05, 0) is 69.6 Å². The van der Waals surface area contributed by atoms with Crippen LogP contribution >= 0.6 is 0 Å². The van der Waals surface area contributed by atoms with Crippen molar-refractivity contribution < 1.29 is 18.7 Å². The molecule has 1 aromatic carbocycles. The number of halogens is 1. The largest absolute Gasteiger partial charge is 0.444 e. The number of amides is 2. The second kappa shape index (κ2) is 6.89. The molecule has 2 aliphatic rings. The molecule has 1 aromatic rings. The fraction of sp³-hybridized carbons (Fsp3) is 0.600. The third-order valence-corrected chi connectivity index (χ3v) is 5.08.